The van der Waals surface area contributed by atoms with E-state index in [4.69, 9.17) is 4.74 Å². The summed E-state index contributed by atoms with van der Waals surface area (Å²) in [5.41, 5.74) is 0.793. The van der Waals surface area contributed by atoms with E-state index in [-0.39, 0.29) is 17.9 Å². The summed E-state index contributed by atoms with van der Waals surface area (Å²) in [6.07, 6.45) is 1.99. The van der Waals surface area contributed by atoms with Gasteiger partial charge in [0.1, 0.15) is 22.9 Å². The summed E-state index contributed by atoms with van der Waals surface area (Å²) in [6.45, 7) is 0.482. The van der Waals surface area contributed by atoms with Crippen LogP contribution in [0.25, 0.3) is 0 Å². The van der Waals surface area contributed by atoms with E-state index in [1.165, 1.54) is 24.3 Å². The second-order valence-corrected chi connectivity index (χ2v) is 5.29. The lowest BCUT2D eigenvalue weighted by atomic mass is 10.0. The van der Waals surface area contributed by atoms with Gasteiger partial charge in [-0.15, -0.1) is 0 Å². The first-order valence-electron chi connectivity index (χ1n) is 7.02. The van der Waals surface area contributed by atoms with Crippen LogP contribution in [-0.2, 0) is 13.0 Å². The summed E-state index contributed by atoms with van der Waals surface area (Å²) in [5.74, 6) is -2.63. The fourth-order valence-electron chi connectivity index (χ4n) is 2.67. The van der Waals surface area contributed by atoms with Crippen LogP contribution in [0.3, 0.4) is 0 Å². The molecule has 0 fully saturated rings. The summed E-state index contributed by atoms with van der Waals surface area (Å²) in [7, 11) is 1.29. The van der Waals surface area contributed by atoms with Gasteiger partial charge in [0, 0.05) is 37.5 Å². The van der Waals surface area contributed by atoms with Crippen LogP contribution in [0.2, 0.25) is 0 Å². The van der Waals surface area contributed by atoms with Gasteiger partial charge >= 0.3 is 0 Å². The predicted molar refractivity (Wildman–Crippen MR) is 78.4 cm³/mol. The van der Waals surface area contributed by atoms with Crippen LogP contribution >= 0.6 is 0 Å². The number of nitrogens with zero attached hydrogens (tertiary/aromatic N) is 1. The Morgan fingerprint density at radius 1 is 1.22 bits per heavy atom. The van der Waals surface area contributed by atoms with Crippen LogP contribution in [0, 0.1) is 11.6 Å². The monoisotopic (exact) mass is 320 g/mol. The third-order valence-corrected chi connectivity index (χ3v) is 3.87. The molecular formula is C16H14F2N2O3. The zero-order chi connectivity index (χ0) is 16.6. The molecular weight excluding hydrogens is 306 g/mol. The second kappa shape index (κ2) is 5.83. The molecule has 0 spiro atoms. The van der Waals surface area contributed by atoms with Crippen molar-refractivity contribution in [2.24, 2.45) is 0 Å². The average Bonchev–Trinajstić information content (AvgIpc) is 2.53. The number of pyridine rings is 1. The molecule has 1 aromatic heterocycles. The molecule has 2 aromatic rings. The quantitative estimate of drug-likeness (QED) is 0.919. The van der Waals surface area contributed by atoms with Gasteiger partial charge in [0.05, 0.1) is 7.11 Å². The number of aromatic nitrogens is 1. The minimum Gasteiger partial charge on any atom is -0.497 e. The number of amides is 1. The van der Waals surface area contributed by atoms with Crippen molar-refractivity contribution >= 4 is 5.91 Å². The maximum atomic E-state index is 14.0. The third-order valence-electron chi connectivity index (χ3n) is 3.87. The highest BCUT2D eigenvalue weighted by atomic mass is 19.1. The first kappa shape index (κ1) is 15.2. The first-order chi connectivity index (χ1) is 11.0. The van der Waals surface area contributed by atoms with Crippen LogP contribution in [-0.4, -0.2) is 29.4 Å². The van der Waals surface area contributed by atoms with Crippen molar-refractivity contribution in [1.29, 1.82) is 0 Å². The van der Waals surface area contributed by atoms with E-state index >= 15 is 0 Å². The summed E-state index contributed by atoms with van der Waals surface area (Å²) < 4.78 is 32.8. The summed E-state index contributed by atoms with van der Waals surface area (Å²) >= 11 is 0. The van der Waals surface area contributed by atoms with Crippen molar-refractivity contribution in [3.05, 3.63) is 63.1 Å². The third kappa shape index (κ3) is 2.81. The highest BCUT2D eigenvalue weighted by Gasteiger charge is 2.27. The number of aromatic amines is 1. The highest BCUT2D eigenvalue weighted by molar-refractivity contribution is 5.95. The van der Waals surface area contributed by atoms with Gasteiger partial charge in [-0.3, -0.25) is 9.59 Å². The normalized spacial score (nSPS) is 13.6. The number of H-pyrrole nitrogens is 1. The highest BCUT2D eigenvalue weighted by Crippen LogP contribution is 2.24. The van der Waals surface area contributed by atoms with Crippen LogP contribution in [0.5, 0.6) is 5.75 Å². The molecule has 0 atom stereocenters. The number of ether oxygens (including phenoxy) is 1. The van der Waals surface area contributed by atoms with Gasteiger partial charge in [0.15, 0.2) is 0 Å². The van der Waals surface area contributed by atoms with Gasteiger partial charge in [-0.25, -0.2) is 8.78 Å². The Hall–Kier alpha value is -2.70. The fourth-order valence-corrected chi connectivity index (χ4v) is 2.67. The molecule has 0 bridgehead atoms. The van der Waals surface area contributed by atoms with Crippen molar-refractivity contribution in [2.45, 2.75) is 13.0 Å². The second-order valence-electron chi connectivity index (χ2n) is 5.29. The molecule has 1 N–H and O–H groups in total. The zero-order valence-corrected chi connectivity index (χ0v) is 12.4. The lowest BCUT2D eigenvalue weighted by Gasteiger charge is -2.28. The van der Waals surface area contributed by atoms with E-state index in [1.54, 1.807) is 0 Å². The summed E-state index contributed by atoms with van der Waals surface area (Å²) in [6, 6.07) is 3.43. The molecule has 2 heterocycles. The Morgan fingerprint density at radius 3 is 2.57 bits per heavy atom. The molecule has 0 radical (unpaired) electrons. The zero-order valence-electron chi connectivity index (χ0n) is 12.4. The predicted octanol–water partition coefficient (Wildman–Crippen LogP) is 1.86. The number of methoxy groups -OCH3 is 1. The summed E-state index contributed by atoms with van der Waals surface area (Å²) in [5, 5.41) is 0. The van der Waals surface area contributed by atoms with E-state index in [0.717, 1.165) is 23.3 Å². The number of fused-ring (bicyclic) bond motifs is 1. The van der Waals surface area contributed by atoms with Crippen molar-refractivity contribution < 1.29 is 18.3 Å². The van der Waals surface area contributed by atoms with Gasteiger partial charge in [-0.05, 0) is 17.5 Å². The van der Waals surface area contributed by atoms with Crippen molar-refractivity contribution in [3.8, 4) is 5.75 Å². The van der Waals surface area contributed by atoms with Crippen molar-refractivity contribution in [2.75, 3.05) is 13.7 Å². The average molecular weight is 320 g/mol. The Kier molecular flexibility index (Phi) is 3.85. The SMILES string of the molecule is COc1cc(F)c(C(=O)N2CCc3cc(=O)[nH]cc3C2)c(F)c1. The number of carbonyl (C=O) groups is 1. The van der Waals surface area contributed by atoms with E-state index < -0.39 is 23.1 Å². The maximum Gasteiger partial charge on any atom is 0.260 e. The minimum atomic E-state index is -0.959. The topological polar surface area (TPSA) is 62.4 Å². The van der Waals surface area contributed by atoms with E-state index in [9.17, 15) is 18.4 Å². The van der Waals surface area contributed by atoms with Gasteiger partial charge in [0.25, 0.3) is 5.91 Å². The van der Waals surface area contributed by atoms with Gasteiger partial charge in [-0.1, -0.05) is 0 Å². The number of hydrogen-bond donors (Lipinski definition) is 1. The van der Waals surface area contributed by atoms with Gasteiger partial charge in [-0.2, -0.15) is 0 Å². The molecule has 0 saturated heterocycles. The number of hydrogen-bond acceptors (Lipinski definition) is 3. The molecule has 7 heteroatoms. The molecule has 5 nitrogen and oxygen atoms in total. The molecule has 1 aliphatic rings. The molecule has 0 unspecified atom stereocenters. The van der Waals surface area contributed by atoms with E-state index in [1.807, 2.05) is 0 Å². The van der Waals surface area contributed by atoms with Crippen molar-refractivity contribution in [1.82, 2.24) is 9.88 Å². The molecule has 23 heavy (non-hydrogen) atoms. The number of rotatable bonds is 2. The lowest BCUT2D eigenvalue weighted by Crippen LogP contribution is -2.37. The molecule has 0 saturated carbocycles. The molecule has 0 aliphatic carbocycles. The Bertz CT molecular complexity index is 809. The minimum absolute atomic E-state index is 0.0121. The van der Waals surface area contributed by atoms with E-state index in [0.29, 0.717) is 13.0 Å². The molecule has 3 rings (SSSR count). The maximum absolute atomic E-state index is 14.0. The Morgan fingerprint density at radius 2 is 1.91 bits per heavy atom. The number of nitrogens with one attached hydrogen (secondary N) is 1. The molecule has 1 aromatic carbocycles. The van der Waals surface area contributed by atoms with Crippen LogP contribution in [0.1, 0.15) is 21.5 Å². The molecule has 1 aliphatic heterocycles. The summed E-state index contributed by atoms with van der Waals surface area (Å²) in [4.78, 5) is 27.6. The molecule has 120 valence electrons. The molecule has 1 amide bonds. The van der Waals surface area contributed by atoms with Gasteiger partial charge in [0.2, 0.25) is 5.56 Å². The van der Waals surface area contributed by atoms with Crippen molar-refractivity contribution in [3.63, 3.8) is 0 Å². The number of carbonyl (C=O) groups excluding carboxylic acids is 1. The number of benzene rings is 1. The van der Waals surface area contributed by atoms with Crippen LogP contribution in [0.4, 0.5) is 8.78 Å². The fraction of sp³-hybridized carbons (Fsp3) is 0.250. The smallest absolute Gasteiger partial charge is 0.260 e. The Labute approximate surface area is 130 Å². The van der Waals surface area contributed by atoms with Gasteiger partial charge < -0.3 is 14.6 Å². The largest absolute Gasteiger partial charge is 0.497 e. The van der Waals surface area contributed by atoms with E-state index in [2.05, 4.69) is 4.98 Å². The van der Waals surface area contributed by atoms with Crippen LogP contribution < -0.4 is 10.3 Å². The standard InChI is InChI=1S/C16H14F2N2O3/c1-23-11-5-12(17)15(13(18)6-11)16(22)20-3-2-9-4-14(21)19-7-10(9)8-20/h4-7H,2-3,8H2,1H3,(H,19,21). The first-order valence-corrected chi connectivity index (χ1v) is 7.02. The lowest BCUT2D eigenvalue weighted by molar-refractivity contribution is 0.0724. The van der Waals surface area contributed by atoms with Crippen LogP contribution in [0.15, 0.2) is 29.2 Å². The Balaban J connectivity index is 1.90. The number of halogens is 2.